The quantitative estimate of drug-likeness (QED) is 0.872. The Bertz CT molecular complexity index is 389. The first kappa shape index (κ1) is 13.1. The fourth-order valence-corrected chi connectivity index (χ4v) is 2.40. The van der Waals surface area contributed by atoms with Crippen molar-refractivity contribution < 1.29 is 9.47 Å². The van der Waals surface area contributed by atoms with E-state index in [2.05, 4.69) is 24.1 Å². The van der Waals surface area contributed by atoms with Crippen molar-refractivity contribution in [3.63, 3.8) is 0 Å². The molecule has 1 saturated carbocycles. The third kappa shape index (κ3) is 2.43. The van der Waals surface area contributed by atoms with Crippen LogP contribution in [0, 0.1) is 5.41 Å². The highest BCUT2D eigenvalue weighted by Gasteiger charge is 2.48. The van der Waals surface area contributed by atoms with E-state index in [4.69, 9.17) is 9.47 Å². The van der Waals surface area contributed by atoms with Gasteiger partial charge in [0.25, 0.3) is 0 Å². The second kappa shape index (κ2) is 5.14. The highest BCUT2D eigenvalue weighted by molar-refractivity contribution is 5.44. The van der Waals surface area contributed by atoms with Crippen LogP contribution in [0.5, 0.6) is 5.88 Å². The van der Waals surface area contributed by atoms with Crippen molar-refractivity contribution in [1.82, 2.24) is 4.98 Å². The summed E-state index contributed by atoms with van der Waals surface area (Å²) in [5, 5.41) is 3.51. The zero-order valence-electron chi connectivity index (χ0n) is 11.6. The molecular weight excluding hydrogens is 228 g/mol. The summed E-state index contributed by atoms with van der Waals surface area (Å²) >= 11 is 0. The topological polar surface area (TPSA) is 43.4 Å². The minimum absolute atomic E-state index is 0.163. The van der Waals surface area contributed by atoms with Gasteiger partial charge < -0.3 is 14.8 Å². The van der Waals surface area contributed by atoms with Crippen LogP contribution in [0.1, 0.15) is 27.2 Å². The standard InChI is InChI=1S/C14H22N2O2/c1-5-18-12-8-11(14(12,2)3)16-10-6-7-13(17-4)15-9-10/h6-7,9,11-12,16H,5,8H2,1-4H3. The molecule has 100 valence electrons. The monoisotopic (exact) mass is 250 g/mol. The molecule has 0 aromatic carbocycles. The van der Waals surface area contributed by atoms with E-state index in [1.165, 1.54) is 0 Å². The van der Waals surface area contributed by atoms with E-state index in [0.717, 1.165) is 18.7 Å². The van der Waals surface area contributed by atoms with Crippen molar-refractivity contribution in [2.75, 3.05) is 19.0 Å². The molecule has 0 radical (unpaired) electrons. The maximum atomic E-state index is 5.72. The minimum Gasteiger partial charge on any atom is -0.481 e. The number of methoxy groups -OCH3 is 1. The van der Waals surface area contributed by atoms with Gasteiger partial charge in [-0.15, -0.1) is 0 Å². The second-order valence-corrected chi connectivity index (χ2v) is 5.29. The molecule has 1 fully saturated rings. The molecule has 2 rings (SSSR count). The van der Waals surface area contributed by atoms with Gasteiger partial charge in [-0.1, -0.05) is 13.8 Å². The molecular formula is C14H22N2O2. The van der Waals surface area contributed by atoms with Crippen LogP contribution >= 0.6 is 0 Å². The van der Waals surface area contributed by atoms with E-state index in [9.17, 15) is 0 Å². The van der Waals surface area contributed by atoms with Crippen LogP contribution in [-0.4, -0.2) is 30.8 Å². The maximum absolute atomic E-state index is 5.72. The van der Waals surface area contributed by atoms with E-state index < -0.39 is 0 Å². The Morgan fingerprint density at radius 1 is 1.44 bits per heavy atom. The average Bonchev–Trinajstić information content (AvgIpc) is 2.38. The number of pyridine rings is 1. The molecule has 1 aromatic heterocycles. The summed E-state index contributed by atoms with van der Waals surface area (Å²) in [7, 11) is 1.62. The largest absolute Gasteiger partial charge is 0.481 e. The van der Waals surface area contributed by atoms with Crippen molar-refractivity contribution in [3.8, 4) is 5.88 Å². The second-order valence-electron chi connectivity index (χ2n) is 5.29. The molecule has 1 aromatic rings. The van der Waals surface area contributed by atoms with Crippen LogP contribution < -0.4 is 10.1 Å². The van der Waals surface area contributed by atoms with Crippen molar-refractivity contribution in [3.05, 3.63) is 18.3 Å². The van der Waals surface area contributed by atoms with Crippen molar-refractivity contribution >= 4 is 5.69 Å². The molecule has 18 heavy (non-hydrogen) atoms. The van der Waals surface area contributed by atoms with E-state index >= 15 is 0 Å². The average molecular weight is 250 g/mol. The van der Waals surface area contributed by atoms with E-state index in [-0.39, 0.29) is 5.41 Å². The van der Waals surface area contributed by atoms with Gasteiger partial charge in [0.1, 0.15) is 0 Å². The summed E-state index contributed by atoms with van der Waals surface area (Å²) in [5.41, 5.74) is 1.19. The summed E-state index contributed by atoms with van der Waals surface area (Å²) in [4.78, 5) is 4.20. The molecule has 0 spiro atoms. The number of rotatable bonds is 5. The molecule has 1 N–H and O–H groups in total. The number of aromatic nitrogens is 1. The Balaban J connectivity index is 1.94. The molecule has 0 amide bonds. The van der Waals surface area contributed by atoms with Gasteiger partial charge in [-0.3, -0.25) is 0 Å². The summed E-state index contributed by atoms with van der Waals surface area (Å²) in [5.74, 6) is 0.639. The predicted octanol–water partition coefficient (Wildman–Crippen LogP) is 2.71. The minimum atomic E-state index is 0.163. The van der Waals surface area contributed by atoms with E-state index in [1.807, 2.05) is 25.3 Å². The van der Waals surface area contributed by atoms with Gasteiger partial charge in [0, 0.05) is 24.1 Å². The van der Waals surface area contributed by atoms with Gasteiger partial charge in [0.05, 0.1) is 25.1 Å². The first-order valence-electron chi connectivity index (χ1n) is 6.46. The number of nitrogens with one attached hydrogen (secondary N) is 1. The SMILES string of the molecule is CCOC1CC(Nc2ccc(OC)nc2)C1(C)C. The molecule has 0 saturated heterocycles. The molecule has 1 aliphatic carbocycles. The molecule has 0 aliphatic heterocycles. The van der Waals surface area contributed by atoms with Crippen LogP contribution in [0.25, 0.3) is 0 Å². The Labute approximate surface area is 109 Å². The third-order valence-corrected chi connectivity index (χ3v) is 3.83. The number of hydrogen-bond donors (Lipinski definition) is 1. The Morgan fingerprint density at radius 3 is 2.72 bits per heavy atom. The molecule has 2 atom stereocenters. The third-order valence-electron chi connectivity index (χ3n) is 3.83. The zero-order chi connectivity index (χ0) is 13.2. The lowest BCUT2D eigenvalue weighted by atomic mass is 9.64. The lowest BCUT2D eigenvalue weighted by Crippen LogP contribution is -2.58. The van der Waals surface area contributed by atoms with Gasteiger partial charge in [0.2, 0.25) is 5.88 Å². The lowest BCUT2D eigenvalue weighted by Gasteiger charge is -2.52. The summed E-state index contributed by atoms with van der Waals surface area (Å²) in [6.07, 6.45) is 3.21. The van der Waals surface area contributed by atoms with Crippen molar-refractivity contribution in [2.24, 2.45) is 5.41 Å². The Morgan fingerprint density at radius 2 is 2.22 bits per heavy atom. The van der Waals surface area contributed by atoms with Crippen molar-refractivity contribution in [2.45, 2.75) is 39.3 Å². The van der Waals surface area contributed by atoms with E-state index in [0.29, 0.717) is 18.0 Å². The van der Waals surface area contributed by atoms with Crippen LogP contribution in [0.2, 0.25) is 0 Å². The van der Waals surface area contributed by atoms with Gasteiger partial charge in [0.15, 0.2) is 0 Å². The van der Waals surface area contributed by atoms with Crippen LogP contribution in [0.15, 0.2) is 18.3 Å². The highest BCUT2D eigenvalue weighted by Crippen LogP contribution is 2.44. The molecule has 1 aliphatic rings. The number of hydrogen-bond acceptors (Lipinski definition) is 4. The van der Waals surface area contributed by atoms with Gasteiger partial charge in [-0.05, 0) is 19.4 Å². The van der Waals surface area contributed by atoms with Gasteiger partial charge >= 0.3 is 0 Å². The summed E-state index contributed by atoms with van der Waals surface area (Å²) in [6, 6.07) is 4.30. The number of nitrogens with zero attached hydrogens (tertiary/aromatic N) is 1. The van der Waals surface area contributed by atoms with Crippen LogP contribution in [0.4, 0.5) is 5.69 Å². The Hall–Kier alpha value is -1.29. The first-order valence-corrected chi connectivity index (χ1v) is 6.46. The van der Waals surface area contributed by atoms with E-state index in [1.54, 1.807) is 7.11 Å². The Kier molecular flexibility index (Phi) is 3.76. The number of ether oxygens (including phenoxy) is 2. The first-order chi connectivity index (χ1) is 8.57. The number of anilines is 1. The summed E-state index contributed by atoms with van der Waals surface area (Å²) < 4.78 is 10.8. The maximum Gasteiger partial charge on any atom is 0.213 e. The highest BCUT2D eigenvalue weighted by atomic mass is 16.5. The zero-order valence-corrected chi connectivity index (χ0v) is 11.6. The summed E-state index contributed by atoms with van der Waals surface area (Å²) in [6.45, 7) is 7.31. The predicted molar refractivity (Wildman–Crippen MR) is 72.0 cm³/mol. The lowest BCUT2D eigenvalue weighted by molar-refractivity contribution is -0.0976. The van der Waals surface area contributed by atoms with Crippen LogP contribution in [-0.2, 0) is 4.74 Å². The molecule has 0 bridgehead atoms. The molecule has 2 unspecified atom stereocenters. The normalized spacial score (nSPS) is 25.3. The van der Waals surface area contributed by atoms with Gasteiger partial charge in [-0.2, -0.15) is 0 Å². The molecule has 1 heterocycles. The molecule has 4 heteroatoms. The fraction of sp³-hybridized carbons (Fsp3) is 0.643. The smallest absolute Gasteiger partial charge is 0.213 e. The van der Waals surface area contributed by atoms with Crippen LogP contribution in [0.3, 0.4) is 0 Å². The van der Waals surface area contributed by atoms with Crippen molar-refractivity contribution in [1.29, 1.82) is 0 Å². The fourth-order valence-electron chi connectivity index (χ4n) is 2.40. The molecule has 4 nitrogen and oxygen atoms in total. The van der Waals surface area contributed by atoms with Gasteiger partial charge in [-0.25, -0.2) is 4.98 Å².